The van der Waals surface area contributed by atoms with Crippen LogP contribution in [-0.4, -0.2) is 25.7 Å². The minimum Gasteiger partial charge on any atom is -0.305 e. The van der Waals surface area contributed by atoms with Crippen LogP contribution in [-0.2, 0) is 6.54 Å². The van der Waals surface area contributed by atoms with E-state index in [9.17, 15) is 0 Å². The average molecular weight is 225 g/mol. The van der Waals surface area contributed by atoms with Crippen molar-refractivity contribution in [2.75, 3.05) is 0 Å². The van der Waals surface area contributed by atoms with Gasteiger partial charge in [0.05, 0.1) is 12.6 Å². The summed E-state index contributed by atoms with van der Waals surface area (Å²) in [6, 6.07) is 0.372. The van der Waals surface area contributed by atoms with Gasteiger partial charge in [-0.25, -0.2) is 4.68 Å². The molecule has 1 aromatic rings. The smallest absolute Gasteiger partial charge is 0.165 e. The zero-order valence-electron chi connectivity index (χ0n) is 11.0. The molecular weight excluding hydrogens is 202 g/mol. The van der Waals surface area contributed by atoms with Crippen LogP contribution < -0.4 is 5.32 Å². The van der Waals surface area contributed by atoms with Gasteiger partial charge in [-0.1, -0.05) is 13.3 Å². The lowest BCUT2D eigenvalue weighted by atomic mass is 10.1. The molecule has 1 aromatic heterocycles. The molecule has 0 aliphatic heterocycles. The zero-order chi connectivity index (χ0) is 12.2. The van der Waals surface area contributed by atoms with Crippen molar-refractivity contribution < 1.29 is 0 Å². The molecule has 16 heavy (non-hydrogen) atoms. The Morgan fingerprint density at radius 1 is 1.38 bits per heavy atom. The van der Waals surface area contributed by atoms with E-state index in [1.165, 1.54) is 0 Å². The number of nitrogens with zero attached hydrogens (tertiary/aromatic N) is 4. The predicted octanol–water partition coefficient (Wildman–Crippen LogP) is 1.92. The van der Waals surface area contributed by atoms with Crippen molar-refractivity contribution in [1.29, 1.82) is 0 Å². The second-order valence-electron chi connectivity index (χ2n) is 5.28. The SMILES string of the molecule is CCCC(C)n1nnnc1CNC(C)(C)C. The van der Waals surface area contributed by atoms with Crippen LogP contribution in [0.15, 0.2) is 0 Å². The van der Waals surface area contributed by atoms with Gasteiger partial charge in [0.2, 0.25) is 0 Å². The molecule has 0 bridgehead atoms. The van der Waals surface area contributed by atoms with Gasteiger partial charge in [-0.15, -0.1) is 5.10 Å². The third-order valence-corrected chi connectivity index (χ3v) is 2.46. The Balaban J connectivity index is 2.63. The van der Waals surface area contributed by atoms with Crippen LogP contribution in [0, 0.1) is 0 Å². The topological polar surface area (TPSA) is 55.6 Å². The number of tetrazole rings is 1. The van der Waals surface area contributed by atoms with E-state index in [2.05, 4.69) is 55.5 Å². The molecule has 5 nitrogen and oxygen atoms in total. The van der Waals surface area contributed by atoms with Crippen LogP contribution in [0.4, 0.5) is 0 Å². The predicted molar refractivity (Wildman–Crippen MR) is 64.0 cm³/mol. The Hall–Kier alpha value is -0.970. The van der Waals surface area contributed by atoms with Gasteiger partial charge in [0.25, 0.3) is 0 Å². The molecule has 5 heteroatoms. The number of hydrogen-bond donors (Lipinski definition) is 1. The molecule has 0 amide bonds. The molecule has 0 fully saturated rings. The summed E-state index contributed by atoms with van der Waals surface area (Å²) >= 11 is 0. The van der Waals surface area contributed by atoms with Crippen LogP contribution in [0.1, 0.15) is 59.3 Å². The molecule has 92 valence electrons. The standard InChI is InChI=1S/C11H23N5/c1-6-7-9(2)16-10(13-14-15-16)8-12-11(3,4)5/h9,12H,6-8H2,1-5H3. The average Bonchev–Trinajstić information content (AvgIpc) is 2.61. The molecule has 1 atom stereocenters. The second kappa shape index (κ2) is 5.39. The van der Waals surface area contributed by atoms with E-state index in [0.717, 1.165) is 18.7 Å². The molecule has 0 aliphatic rings. The summed E-state index contributed by atoms with van der Waals surface area (Å²) < 4.78 is 1.92. The van der Waals surface area contributed by atoms with Crippen LogP contribution in [0.5, 0.6) is 0 Å². The molecule has 0 saturated carbocycles. The lowest BCUT2D eigenvalue weighted by Gasteiger charge is -2.20. The maximum absolute atomic E-state index is 4.06. The highest BCUT2D eigenvalue weighted by atomic mass is 15.6. The molecule has 1 rings (SSSR count). The maximum Gasteiger partial charge on any atom is 0.165 e. The van der Waals surface area contributed by atoms with Gasteiger partial charge in [-0.05, 0) is 44.5 Å². The van der Waals surface area contributed by atoms with E-state index < -0.39 is 0 Å². The fraction of sp³-hybridized carbons (Fsp3) is 0.909. The van der Waals surface area contributed by atoms with Gasteiger partial charge in [-0.2, -0.15) is 0 Å². The minimum atomic E-state index is 0.0881. The van der Waals surface area contributed by atoms with Crippen LogP contribution in [0.3, 0.4) is 0 Å². The summed E-state index contributed by atoms with van der Waals surface area (Å²) in [4.78, 5) is 0. The van der Waals surface area contributed by atoms with E-state index in [-0.39, 0.29) is 5.54 Å². The van der Waals surface area contributed by atoms with Crippen molar-refractivity contribution in [2.24, 2.45) is 0 Å². The maximum atomic E-state index is 4.06. The summed E-state index contributed by atoms with van der Waals surface area (Å²) in [6.07, 6.45) is 2.25. The van der Waals surface area contributed by atoms with Gasteiger partial charge in [0.15, 0.2) is 5.82 Å². The molecule has 0 aromatic carbocycles. The molecule has 1 N–H and O–H groups in total. The van der Waals surface area contributed by atoms with Crippen molar-refractivity contribution in [2.45, 2.75) is 65.6 Å². The lowest BCUT2D eigenvalue weighted by molar-refractivity contribution is 0.384. The molecule has 0 aliphatic carbocycles. The van der Waals surface area contributed by atoms with Crippen LogP contribution in [0.2, 0.25) is 0 Å². The summed E-state index contributed by atoms with van der Waals surface area (Å²) in [5.74, 6) is 0.913. The third-order valence-electron chi connectivity index (χ3n) is 2.46. The molecular formula is C11H23N5. The Morgan fingerprint density at radius 3 is 2.62 bits per heavy atom. The van der Waals surface area contributed by atoms with Crippen LogP contribution in [0.25, 0.3) is 0 Å². The van der Waals surface area contributed by atoms with Gasteiger partial charge >= 0.3 is 0 Å². The van der Waals surface area contributed by atoms with Crippen LogP contribution >= 0.6 is 0 Å². The minimum absolute atomic E-state index is 0.0881. The van der Waals surface area contributed by atoms with Crippen molar-refractivity contribution in [1.82, 2.24) is 25.5 Å². The molecule has 0 saturated heterocycles. The first-order valence-corrected chi connectivity index (χ1v) is 5.96. The monoisotopic (exact) mass is 225 g/mol. The highest BCUT2D eigenvalue weighted by Gasteiger charge is 2.15. The molecule has 1 unspecified atom stereocenters. The Bertz CT molecular complexity index is 312. The first kappa shape index (κ1) is 13.1. The summed E-state index contributed by atoms with van der Waals surface area (Å²) in [5.41, 5.74) is 0.0881. The second-order valence-corrected chi connectivity index (χ2v) is 5.28. The quantitative estimate of drug-likeness (QED) is 0.832. The largest absolute Gasteiger partial charge is 0.305 e. The van der Waals surface area contributed by atoms with Gasteiger partial charge in [0.1, 0.15) is 0 Å². The van der Waals surface area contributed by atoms with Gasteiger partial charge in [0, 0.05) is 5.54 Å². The van der Waals surface area contributed by atoms with Crippen molar-refractivity contribution >= 4 is 0 Å². The summed E-state index contributed by atoms with van der Waals surface area (Å²) in [7, 11) is 0. The number of rotatable bonds is 5. The number of hydrogen-bond acceptors (Lipinski definition) is 4. The fourth-order valence-corrected chi connectivity index (χ4v) is 1.56. The normalized spacial score (nSPS) is 14.1. The van der Waals surface area contributed by atoms with E-state index in [1.54, 1.807) is 0 Å². The summed E-state index contributed by atoms with van der Waals surface area (Å²) in [6.45, 7) is 11.4. The summed E-state index contributed by atoms with van der Waals surface area (Å²) in [5, 5.41) is 15.3. The number of aromatic nitrogens is 4. The van der Waals surface area contributed by atoms with E-state index in [0.29, 0.717) is 12.6 Å². The Labute approximate surface area is 97.6 Å². The fourth-order valence-electron chi connectivity index (χ4n) is 1.56. The van der Waals surface area contributed by atoms with Crippen molar-refractivity contribution in [3.8, 4) is 0 Å². The zero-order valence-corrected chi connectivity index (χ0v) is 11.0. The Morgan fingerprint density at radius 2 is 2.06 bits per heavy atom. The van der Waals surface area contributed by atoms with Crippen molar-refractivity contribution in [3.05, 3.63) is 5.82 Å². The first-order chi connectivity index (χ1) is 7.44. The highest BCUT2D eigenvalue weighted by molar-refractivity contribution is 4.85. The van der Waals surface area contributed by atoms with E-state index in [4.69, 9.17) is 0 Å². The lowest BCUT2D eigenvalue weighted by Crippen LogP contribution is -2.36. The number of nitrogens with one attached hydrogen (secondary N) is 1. The first-order valence-electron chi connectivity index (χ1n) is 5.96. The Kier molecular flexibility index (Phi) is 4.41. The van der Waals surface area contributed by atoms with Gasteiger partial charge < -0.3 is 5.32 Å². The van der Waals surface area contributed by atoms with E-state index >= 15 is 0 Å². The van der Waals surface area contributed by atoms with Crippen molar-refractivity contribution in [3.63, 3.8) is 0 Å². The van der Waals surface area contributed by atoms with E-state index in [1.807, 2.05) is 4.68 Å². The molecule has 1 heterocycles. The molecule has 0 radical (unpaired) electrons. The van der Waals surface area contributed by atoms with Gasteiger partial charge in [-0.3, -0.25) is 0 Å². The third kappa shape index (κ3) is 3.89. The highest BCUT2D eigenvalue weighted by Crippen LogP contribution is 2.12. The molecule has 0 spiro atoms.